The molecule has 0 saturated carbocycles. The number of carbonyl (C=O) groups is 1. The Bertz CT molecular complexity index is 1430. The van der Waals surface area contributed by atoms with Crippen molar-refractivity contribution in [2.24, 2.45) is 0 Å². The van der Waals surface area contributed by atoms with E-state index in [1.165, 1.54) is 4.31 Å². The van der Waals surface area contributed by atoms with Gasteiger partial charge in [-0.15, -0.1) is 0 Å². The smallest absolute Gasteiger partial charge is 0.410 e. The van der Waals surface area contributed by atoms with Gasteiger partial charge in [0.15, 0.2) is 0 Å². The average molecular weight is 624 g/mol. The molecule has 9 heteroatoms. The maximum atomic E-state index is 13.4. The van der Waals surface area contributed by atoms with Crippen molar-refractivity contribution >= 4 is 27.7 Å². The van der Waals surface area contributed by atoms with E-state index in [1.807, 2.05) is 54.6 Å². The fraction of sp³-hybridized carbons (Fsp3) is 0.382. The van der Waals surface area contributed by atoms with Gasteiger partial charge in [-0.05, 0) is 49.1 Å². The number of piperidine rings is 1. The van der Waals surface area contributed by atoms with Gasteiger partial charge in [-0.3, -0.25) is 4.90 Å². The van der Waals surface area contributed by atoms with Gasteiger partial charge in [-0.25, -0.2) is 17.5 Å². The van der Waals surface area contributed by atoms with Crippen molar-refractivity contribution < 1.29 is 17.9 Å². The van der Waals surface area contributed by atoms with Crippen LogP contribution in [0.3, 0.4) is 0 Å². The molecule has 4 rings (SSSR count). The number of carbonyl (C=O) groups excluding carboxylic acids is 1. The maximum absolute atomic E-state index is 13.4. The summed E-state index contributed by atoms with van der Waals surface area (Å²) in [7, 11) is -1.97. The molecule has 0 aromatic heterocycles. The van der Waals surface area contributed by atoms with Gasteiger partial charge in [-0.1, -0.05) is 104 Å². The van der Waals surface area contributed by atoms with Crippen LogP contribution in [0.2, 0.25) is 0 Å². The van der Waals surface area contributed by atoms with Crippen LogP contribution in [0.25, 0.3) is 0 Å². The standard InChI is InChI=1S/C34H42ClN3O4S/c1-28(35)25-38(33(39)42-26-29-13-7-4-8-14-29)31-19-22-37(23-20-31)24-21-34(2,30-15-9-5-10-16-30)27-36(3)43(40,41)32-17-11-6-12-18-32/h4-18,31H,1,19-27H2,2-3H3. The lowest BCUT2D eigenvalue weighted by molar-refractivity contribution is 0.0642. The number of hydrogen-bond donors (Lipinski definition) is 0. The molecule has 0 spiro atoms. The molecule has 1 aliphatic rings. The third-order valence-corrected chi connectivity index (χ3v) is 10.2. The number of likely N-dealkylation sites (tertiary alicyclic amines) is 1. The number of sulfonamides is 1. The fourth-order valence-corrected chi connectivity index (χ4v) is 7.14. The van der Waals surface area contributed by atoms with Crippen LogP contribution in [0.15, 0.2) is 108 Å². The van der Waals surface area contributed by atoms with Crippen molar-refractivity contribution in [1.82, 2.24) is 14.1 Å². The number of likely N-dealkylation sites (N-methyl/N-ethyl adjacent to an activating group) is 1. The first-order valence-electron chi connectivity index (χ1n) is 14.7. The Morgan fingerprint density at radius 2 is 1.53 bits per heavy atom. The van der Waals surface area contributed by atoms with E-state index >= 15 is 0 Å². The zero-order chi connectivity index (χ0) is 30.9. The van der Waals surface area contributed by atoms with E-state index < -0.39 is 15.4 Å². The summed E-state index contributed by atoms with van der Waals surface area (Å²) in [6, 6.07) is 28.3. The second-order valence-electron chi connectivity index (χ2n) is 11.5. The fourth-order valence-electron chi connectivity index (χ4n) is 5.69. The first-order chi connectivity index (χ1) is 20.6. The lowest BCUT2D eigenvalue weighted by Crippen LogP contribution is -2.49. The summed E-state index contributed by atoms with van der Waals surface area (Å²) in [5.74, 6) is 0. The van der Waals surface area contributed by atoms with Crippen molar-refractivity contribution in [2.45, 2.75) is 49.1 Å². The molecule has 1 amide bonds. The van der Waals surface area contributed by atoms with E-state index in [-0.39, 0.29) is 25.3 Å². The summed E-state index contributed by atoms with van der Waals surface area (Å²) in [5.41, 5.74) is 1.63. The van der Waals surface area contributed by atoms with Gasteiger partial charge in [0.25, 0.3) is 0 Å². The average Bonchev–Trinajstić information content (AvgIpc) is 3.03. The molecular formula is C34H42ClN3O4S. The molecular weight excluding hydrogens is 582 g/mol. The molecule has 7 nitrogen and oxygen atoms in total. The highest BCUT2D eigenvalue weighted by Crippen LogP contribution is 2.31. The largest absolute Gasteiger partial charge is 0.445 e. The number of rotatable bonds is 13. The van der Waals surface area contributed by atoms with Crippen LogP contribution < -0.4 is 0 Å². The van der Waals surface area contributed by atoms with Crippen LogP contribution >= 0.6 is 11.6 Å². The minimum atomic E-state index is -3.63. The Labute approximate surface area is 261 Å². The summed E-state index contributed by atoms with van der Waals surface area (Å²) in [6.07, 6.45) is 1.96. The molecule has 0 aliphatic carbocycles. The van der Waals surface area contributed by atoms with Crippen molar-refractivity contribution in [1.29, 1.82) is 0 Å². The van der Waals surface area contributed by atoms with E-state index in [1.54, 1.807) is 36.2 Å². The third-order valence-electron chi connectivity index (χ3n) is 8.25. The zero-order valence-corrected chi connectivity index (χ0v) is 26.6. The van der Waals surface area contributed by atoms with Crippen LogP contribution in [-0.2, 0) is 26.8 Å². The highest BCUT2D eigenvalue weighted by atomic mass is 35.5. The molecule has 3 aromatic carbocycles. The lowest BCUT2D eigenvalue weighted by Gasteiger charge is -2.40. The van der Waals surface area contributed by atoms with E-state index in [0.29, 0.717) is 16.5 Å². The van der Waals surface area contributed by atoms with E-state index in [9.17, 15) is 13.2 Å². The Morgan fingerprint density at radius 3 is 2.12 bits per heavy atom. The number of halogens is 1. The topological polar surface area (TPSA) is 70.2 Å². The molecule has 3 aromatic rings. The molecule has 1 saturated heterocycles. The Kier molecular flexibility index (Phi) is 11.4. The van der Waals surface area contributed by atoms with Gasteiger partial charge in [0, 0.05) is 43.2 Å². The summed E-state index contributed by atoms with van der Waals surface area (Å²) < 4.78 is 33.8. The zero-order valence-electron chi connectivity index (χ0n) is 25.1. The van der Waals surface area contributed by atoms with E-state index in [2.05, 4.69) is 30.5 Å². The van der Waals surface area contributed by atoms with Gasteiger partial charge in [0.2, 0.25) is 10.0 Å². The number of ether oxygens (including phenoxy) is 1. The molecule has 1 heterocycles. The van der Waals surface area contributed by atoms with Gasteiger partial charge >= 0.3 is 6.09 Å². The third kappa shape index (κ3) is 8.92. The van der Waals surface area contributed by atoms with Gasteiger partial charge in [0.05, 0.1) is 11.4 Å². The van der Waals surface area contributed by atoms with Crippen LogP contribution in [0.4, 0.5) is 4.79 Å². The maximum Gasteiger partial charge on any atom is 0.410 e. The monoisotopic (exact) mass is 623 g/mol. The van der Waals surface area contributed by atoms with Crippen LogP contribution in [0, 0.1) is 0 Å². The molecule has 1 fully saturated rings. The van der Waals surface area contributed by atoms with Gasteiger partial charge in [0.1, 0.15) is 6.61 Å². The van der Waals surface area contributed by atoms with E-state index in [0.717, 1.165) is 50.0 Å². The number of nitrogens with zero attached hydrogens (tertiary/aromatic N) is 3. The SMILES string of the molecule is C=C(Cl)CN(C(=O)OCc1ccccc1)C1CCN(CCC(C)(CN(C)S(=O)(=O)c2ccccc2)c2ccccc2)CC1. The van der Waals surface area contributed by atoms with Crippen molar-refractivity contribution in [2.75, 3.05) is 39.8 Å². The number of benzene rings is 3. The predicted molar refractivity (Wildman–Crippen MR) is 172 cm³/mol. The Morgan fingerprint density at radius 1 is 0.977 bits per heavy atom. The highest BCUT2D eigenvalue weighted by molar-refractivity contribution is 7.89. The van der Waals surface area contributed by atoms with Gasteiger partial charge < -0.3 is 9.64 Å². The van der Waals surface area contributed by atoms with Crippen molar-refractivity contribution in [3.63, 3.8) is 0 Å². The second kappa shape index (κ2) is 15.0. The summed E-state index contributed by atoms with van der Waals surface area (Å²) in [5, 5.41) is 0.396. The highest BCUT2D eigenvalue weighted by Gasteiger charge is 2.35. The van der Waals surface area contributed by atoms with Gasteiger partial charge in [-0.2, -0.15) is 0 Å². The first kappa shape index (κ1) is 32.7. The molecule has 1 atom stereocenters. The number of hydrogen-bond acceptors (Lipinski definition) is 5. The summed E-state index contributed by atoms with van der Waals surface area (Å²) >= 11 is 6.15. The van der Waals surface area contributed by atoms with E-state index in [4.69, 9.17) is 16.3 Å². The van der Waals surface area contributed by atoms with Crippen LogP contribution in [-0.4, -0.2) is 74.4 Å². The Balaban J connectivity index is 1.38. The predicted octanol–water partition coefficient (Wildman–Crippen LogP) is 6.51. The summed E-state index contributed by atoms with van der Waals surface area (Å²) in [4.78, 5) is 17.5. The minimum absolute atomic E-state index is 0.00215. The Hall–Kier alpha value is -3.17. The van der Waals surface area contributed by atoms with Crippen molar-refractivity contribution in [3.05, 3.63) is 114 Å². The molecule has 1 aliphatic heterocycles. The van der Waals surface area contributed by atoms with Crippen LogP contribution in [0.1, 0.15) is 37.3 Å². The van der Waals surface area contributed by atoms with Crippen LogP contribution in [0.5, 0.6) is 0 Å². The number of amides is 1. The minimum Gasteiger partial charge on any atom is -0.445 e. The lowest BCUT2D eigenvalue weighted by atomic mass is 9.79. The van der Waals surface area contributed by atoms with Crippen molar-refractivity contribution in [3.8, 4) is 0 Å². The molecule has 43 heavy (non-hydrogen) atoms. The molecule has 1 unspecified atom stereocenters. The normalized spacial score (nSPS) is 16.0. The second-order valence-corrected chi connectivity index (χ2v) is 14.1. The molecule has 0 radical (unpaired) electrons. The summed E-state index contributed by atoms with van der Waals surface area (Å²) in [6.45, 7) is 9.18. The molecule has 0 bridgehead atoms. The molecule has 0 N–H and O–H groups in total. The quantitative estimate of drug-likeness (QED) is 0.217. The first-order valence-corrected chi connectivity index (χ1v) is 16.5. The molecule has 230 valence electrons.